The fraction of sp³-hybridized carbons (Fsp3) is 0.423. The molecule has 0 saturated carbocycles. The number of methoxy groups -OCH3 is 1. The number of thiophene rings is 1. The third-order valence-corrected chi connectivity index (χ3v) is 9.44. The summed E-state index contributed by atoms with van der Waals surface area (Å²) in [6.45, 7) is 2.81. The van der Waals surface area contributed by atoms with Gasteiger partial charge in [-0.3, -0.25) is 14.6 Å². The van der Waals surface area contributed by atoms with Gasteiger partial charge in [-0.15, -0.1) is 11.3 Å². The van der Waals surface area contributed by atoms with E-state index >= 15 is 0 Å². The van der Waals surface area contributed by atoms with E-state index in [1.807, 2.05) is 18.2 Å². The fourth-order valence-corrected chi connectivity index (χ4v) is 7.42. The van der Waals surface area contributed by atoms with E-state index in [1.165, 1.54) is 17.6 Å². The molecule has 0 saturated heterocycles. The number of thioether (sulfide) groups is 2. The van der Waals surface area contributed by atoms with E-state index in [0.717, 1.165) is 76.1 Å². The maximum atomic E-state index is 12.7. The van der Waals surface area contributed by atoms with E-state index in [9.17, 15) is 14.4 Å². The first kappa shape index (κ1) is 28.2. The number of nitrogens with zero attached hydrogens (tertiary/aromatic N) is 2. The van der Waals surface area contributed by atoms with Crippen molar-refractivity contribution in [3.63, 3.8) is 0 Å². The van der Waals surface area contributed by atoms with Gasteiger partial charge in [0, 0.05) is 21.9 Å². The molecule has 12 heteroatoms. The third kappa shape index (κ3) is 7.17. The Morgan fingerprint density at radius 1 is 1.18 bits per heavy atom. The lowest BCUT2D eigenvalue weighted by atomic mass is 10.1. The normalized spacial score (nSPS) is 14.9. The van der Waals surface area contributed by atoms with Crippen LogP contribution in [0.5, 0.6) is 5.75 Å². The number of benzene rings is 1. The average Bonchev–Trinajstić information content (AvgIpc) is 3.49. The van der Waals surface area contributed by atoms with Gasteiger partial charge in [0.1, 0.15) is 15.1 Å². The summed E-state index contributed by atoms with van der Waals surface area (Å²) in [5.41, 5.74) is 5.28. The zero-order chi connectivity index (χ0) is 26.9. The fourth-order valence-electron chi connectivity index (χ4n) is 4.16. The summed E-state index contributed by atoms with van der Waals surface area (Å²) in [7, 11) is 1.62. The van der Waals surface area contributed by atoms with Crippen molar-refractivity contribution in [1.29, 1.82) is 0 Å². The number of hydrazone groups is 1. The van der Waals surface area contributed by atoms with Crippen LogP contribution in [0.3, 0.4) is 0 Å². The molecular weight excluding hydrogens is 545 g/mol. The van der Waals surface area contributed by atoms with Gasteiger partial charge in [0.15, 0.2) is 0 Å². The van der Waals surface area contributed by atoms with Crippen LogP contribution < -0.4 is 15.5 Å². The Hall–Kier alpha value is -2.83. The molecule has 1 aromatic heterocycles. The molecule has 2 aliphatic rings. The maximum absolute atomic E-state index is 12.7. The SMILES string of the molecule is CCOC(=O)c1c(NC(=O)C(=O)NN=Cc2ccc(OC)c(CSC3=NCCS3)c2)sc2c1CCCCC2. The van der Waals surface area contributed by atoms with Crippen LogP contribution in [0.2, 0.25) is 0 Å². The first-order valence-corrected chi connectivity index (χ1v) is 15.2. The van der Waals surface area contributed by atoms with E-state index < -0.39 is 17.8 Å². The number of hydrogen-bond acceptors (Lipinski definition) is 10. The van der Waals surface area contributed by atoms with Gasteiger partial charge in [0.05, 0.1) is 32.0 Å². The molecule has 1 aliphatic carbocycles. The Bertz CT molecular complexity index is 1260. The maximum Gasteiger partial charge on any atom is 0.341 e. The number of aryl methyl sites for hydroxylation is 1. The van der Waals surface area contributed by atoms with Crippen molar-refractivity contribution in [2.75, 3.05) is 31.3 Å². The predicted octanol–water partition coefficient (Wildman–Crippen LogP) is 4.63. The van der Waals surface area contributed by atoms with E-state index in [2.05, 4.69) is 20.8 Å². The van der Waals surface area contributed by atoms with Crippen LogP contribution in [0.15, 0.2) is 28.3 Å². The molecular formula is C26H30N4O5S3. The van der Waals surface area contributed by atoms with Crippen molar-refractivity contribution in [2.24, 2.45) is 10.1 Å². The second kappa shape index (κ2) is 13.8. The van der Waals surface area contributed by atoms with Gasteiger partial charge in [-0.1, -0.05) is 29.9 Å². The number of hydrogen-bond donors (Lipinski definition) is 2. The van der Waals surface area contributed by atoms with Gasteiger partial charge in [-0.25, -0.2) is 10.2 Å². The van der Waals surface area contributed by atoms with Crippen LogP contribution in [0.4, 0.5) is 5.00 Å². The van der Waals surface area contributed by atoms with Gasteiger partial charge in [0.25, 0.3) is 0 Å². The van der Waals surface area contributed by atoms with Gasteiger partial charge >= 0.3 is 17.8 Å². The number of esters is 1. The quantitative estimate of drug-likeness (QED) is 0.155. The first-order chi connectivity index (χ1) is 18.5. The molecule has 2 amide bonds. The number of aliphatic imine (C=N–C) groups is 1. The van der Waals surface area contributed by atoms with Crippen molar-refractivity contribution in [3.05, 3.63) is 45.3 Å². The molecule has 2 heterocycles. The van der Waals surface area contributed by atoms with E-state index in [1.54, 1.807) is 37.6 Å². The minimum Gasteiger partial charge on any atom is -0.496 e. The number of fused-ring (bicyclic) bond motifs is 1. The minimum atomic E-state index is -0.930. The van der Waals surface area contributed by atoms with Crippen molar-refractivity contribution in [1.82, 2.24) is 5.43 Å². The highest BCUT2D eigenvalue weighted by Crippen LogP contribution is 2.38. The van der Waals surface area contributed by atoms with Crippen LogP contribution in [-0.4, -0.2) is 54.4 Å². The number of rotatable bonds is 8. The van der Waals surface area contributed by atoms with Crippen LogP contribution in [-0.2, 0) is 32.9 Å². The lowest BCUT2D eigenvalue weighted by Gasteiger charge is -2.09. The topological polar surface area (TPSA) is 118 Å². The minimum absolute atomic E-state index is 0.228. The zero-order valence-electron chi connectivity index (χ0n) is 21.3. The third-order valence-electron chi connectivity index (χ3n) is 5.93. The molecule has 0 fully saturated rings. The summed E-state index contributed by atoms with van der Waals surface area (Å²) in [6, 6.07) is 5.58. The van der Waals surface area contributed by atoms with Gasteiger partial charge in [-0.05, 0) is 61.9 Å². The van der Waals surface area contributed by atoms with Crippen LogP contribution >= 0.6 is 34.9 Å². The summed E-state index contributed by atoms with van der Waals surface area (Å²) >= 11 is 4.75. The van der Waals surface area contributed by atoms with Crippen molar-refractivity contribution < 1.29 is 23.9 Å². The standard InChI is InChI=1S/C26H30N4O5S3/c1-3-35-25(33)21-18-7-5-4-6-8-20(18)38-24(21)29-22(31)23(32)30-28-14-16-9-10-19(34-2)17(13-16)15-37-26-27-11-12-36-26/h9-10,13-14H,3-8,11-12,15H2,1-2H3,(H,29,31)(H,30,32). The van der Waals surface area contributed by atoms with Crippen molar-refractivity contribution in [3.8, 4) is 5.75 Å². The van der Waals surface area contributed by atoms with Gasteiger partial charge < -0.3 is 14.8 Å². The van der Waals surface area contributed by atoms with E-state index in [-0.39, 0.29) is 6.61 Å². The summed E-state index contributed by atoms with van der Waals surface area (Å²) in [5.74, 6) is 0.157. The molecule has 38 heavy (non-hydrogen) atoms. The lowest BCUT2D eigenvalue weighted by molar-refractivity contribution is -0.136. The number of carbonyl (C=O) groups is 3. The largest absolute Gasteiger partial charge is 0.496 e. The summed E-state index contributed by atoms with van der Waals surface area (Å²) in [6.07, 6.45) is 6.15. The zero-order valence-corrected chi connectivity index (χ0v) is 23.8. The molecule has 0 bridgehead atoms. The molecule has 1 aromatic carbocycles. The average molecular weight is 575 g/mol. The number of carbonyl (C=O) groups excluding carboxylic acids is 3. The van der Waals surface area contributed by atoms with E-state index in [0.29, 0.717) is 16.3 Å². The summed E-state index contributed by atoms with van der Waals surface area (Å²) in [4.78, 5) is 43.3. The molecule has 1 aliphatic heterocycles. The Morgan fingerprint density at radius 3 is 2.79 bits per heavy atom. The Balaban J connectivity index is 1.40. The Kier molecular flexibility index (Phi) is 10.2. The highest BCUT2D eigenvalue weighted by molar-refractivity contribution is 8.38. The smallest absolute Gasteiger partial charge is 0.341 e. The Morgan fingerprint density at radius 2 is 2.03 bits per heavy atom. The van der Waals surface area contributed by atoms with Gasteiger partial charge in [0.2, 0.25) is 0 Å². The molecule has 2 aromatic rings. The molecule has 0 spiro atoms. The number of ether oxygens (including phenoxy) is 2. The van der Waals surface area contributed by atoms with E-state index in [4.69, 9.17) is 9.47 Å². The van der Waals surface area contributed by atoms with Crippen LogP contribution in [0.25, 0.3) is 0 Å². The first-order valence-electron chi connectivity index (χ1n) is 12.4. The molecule has 4 rings (SSSR count). The molecule has 0 unspecified atom stereocenters. The van der Waals surface area contributed by atoms with Crippen molar-refractivity contribution >= 4 is 68.2 Å². The molecule has 202 valence electrons. The number of amides is 2. The highest BCUT2D eigenvalue weighted by Gasteiger charge is 2.27. The molecule has 0 atom stereocenters. The lowest BCUT2D eigenvalue weighted by Crippen LogP contribution is -2.32. The molecule has 2 N–H and O–H groups in total. The highest BCUT2D eigenvalue weighted by atomic mass is 32.2. The Labute approximate surface area is 234 Å². The van der Waals surface area contributed by atoms with Gasteiger partial charge in [-0.2, -0.15) is 5.10 Å². The second-order valence-electron chi connectivity index (χ2n) is 8.50. The predicted molar refractivity (Wildman–Crippen MR) is 155 cm³/mol. The van der Waals surface area contributed by atoms with Crippen LogP contribution in [0.1, 0.15) is 58.1 Å². The van der Waals surface area contributed by atoms with Crippen LogP contribution in [0, 0.1) is 0 Å². The monoisotopic (exact) mass is 574 g/mol. The summed E-state index contributed by atoms with van der Waals surface area (Å²) in [5, 5.41) is 6.91. The second-order valence-corrected chi connectivity index (χ2v) is 11.9. The van der Waals surface area contributed by atoms with Crippen molar-refractivity contribution in [2.45, 2.75) is 44.8 Å². The summed E-state index contributed by atoms with van der Waals surface area (Å²) < 4.78 is 11.8. The molecule has 9 nitrogen and oxygen atoms in total. The molecule has 0 radical (unpaired) electrons. The number of nitrogens with one attached hydrogen (secondary N) is 2. The number of anilines is 1.